The summed E-state index contributed by atoms with van der Waals surface area (Å²) in [6.07, 6.45) is 1.16. The number of rotatable bonds is 7. The fourth-order valence-corrected chi connectivity index (χ4v) is 1.14. The van der Waals surface area contributed by atoms with Crippen molar-refractivity contribution < 1.29 is 19.7 Å². The van der Waals surface area contributed by atoms with Crippen molar-refractivity contribution in [2.45, 2.75) is 53.1 Å². The van der Waals surface area contributed by atoms with Crippen molar-refractivity contribution in [1.29, 1.82) is 0 Å². The van der Waals surface area contributed by atoms with Gasteiger partial charge in [0.1, 0.15) is 0 Å². The molecule has 102 valence electrons. The zero-order valence-corrected chi connectivity index (χ0v) is 11.6. The molecule has 0 amide bonds. The van der Waals surface area contributed by atoms with Crippen LogP contribution in [0.5, 0.6) is 0 Å². The van der Waals surface area contributed by atoms with E-state index in [0.717, 1.165) is 0 Å². The Morgan fingerprint density at radius 2 is 1.82 bits per heavy atom. The van der Waals surface area contributed by atoms with Gasteiger partial charge < -0.3 is 14.9 Å². The summed E-state index contributed by atoms with van der Waals surface area (Å²) in [7, 11) is 0. The third-order valence-electron chi connectivity index (χ3n) is 2.62. The largest absolute Gasteiger partial charge is 0.465 e. The van der Waals surface area contributed by atoms with Crippen molar-refractivity contribution in [3.8, 4) is 0 Å². The molecule has 0 saturated carbocycles. The Labute approximate surface area is 104 Å². The lowest BCUT2D eigenvalue weighted by Gasteiger charge is -2.23. The summed E-state index contributed by atoms with van der Waals surface area (Å²) in [6, 6.07) is 0. The van der Waals surface area contributed by atoms with Crippen molar-refractivity contribution in [2.75, 3.05) is 13.2 Å². The third kappa shape index (κ3) is 8.16. The first-order valence-corrected chi connectivity index (χ1v) is 6.07. The lowest BCUT2D eigenvalue weighted by molar-refractivity contribution is -0.152. The zero-order chi connectivity index (χ0) is 13.7. The summed E-state index contributed by atoms with van der Waals surface area (Å²) < 4.78 is 5.14. The number of esters is 1. The van der Waals surface area contributed by atoms with Crippen LogP contribution in [0.1, 0.15) is 47.5 Å². The Morgan fingerprint density at radius 1 is 1.29 bits per heavy atom. The van der Waals surface area contributed by atoms with Crippen molar-refractivity contribution in [2.24, 2.45) is 11.3 Å². The number of carbonyl (C=O) groups is 1. The first-order chi connectivity index (χ1) is 7.57. The van der Waals surface area contributed by atoms with Crippen LogP contribution >= 0.6 is 0 Å². The minimum atomic E-state index is -0.751. The summed E-state index contributed by atoms with van der Waals surface area (Å²) >= 11 is 0. The van der Waals surface area contributed by atoms with Crippen LogP contribution in [0.3, 0.4) is 0 Å². The van der Waals surface area contributed by atoms with Gasteiger partial charge in [0.05, 0.1) is 24.7 Å². The standard InChI is InChI=1S/C13H26O4/c1-10(6-7-13(4,5)16)11(15)17-9-12(2,3)8-14/h10,14,16H,6-9H2,1-5H3. The Kier molecular flexibility index (Phi) is 6.13. The fraction of sp³-hybridized carbons (Fsp3) is 0.923. The predicted octanol–water partition coefficient (Wildman–Crippen LogP) is 1.74. The Morgan fingerprint density at radius 3 is 2.24 bits per heavy atom. The molecule has 0 fully saturated rings. The Hall–Kier alpha value is -0.610. The van der Waals surface area contributed by atoms with Crippen molar-refractivity contribution in [1.82, 2.24) is 0 Å². The highest BCUT2D eigenvalue weighted by Crippen LogP contribution is 2.19. The third-order valence-corrected chi connectivity index (χ3v) is 2.62. The first kappa shape index (κ1) is 16.4. The number of carbonyl (C=O) groups excluding carboxylic acids is 1. The van der Waals surface area contributed by atoms with Crippen LogP contribution in [-0.4, -0.2) is 35.0 Å². The molecule has 0 aliphatic carbocycles. The number of aliphatic hydroxyl groups is 2. The van der Waals surface area contributed by atoms with Gasteiger partial charge in [-0.15, -0.1) is 0 Å². The minimum Gasteiger partial charge on any atom is -0.465 e. The van der Waals surface area contributed by atoms with Crippen LogP contribution in [0.2, 0.25) is 0 Å². The number of hydrogen-bond acceptors (Lipinski definition) is 4. The molecule has 0 saturated heterocycles. The van der Waals surface area contributed by atoms with Gasteiger partial charge in [0.25, 0.3) is 0 Å². The molecule has 0 rings (SSSR count). The van der Waals surface area contributed by atoms with E-state index in [-0.39, 0.29) is 25.1 Å². The van der Waals surface area contributed by atoms with Gasteiger partial charge >= 0.3 is 5.97 Å². The quantitative estimate of drug-likeness (QED) is 0.671. The number of hydrogen-bond donors (Lipinski definition) is 2. The van der Waals surface area contributed by atoms with E-state index in [1.807, 2.05) is 13.8 Å². The molecule has 1 atom stereocenters. The Bertz CT molecular complexity index is 240. The lowest BCUT2D eigenvalue weighted by atomic mass is 9.95. The molecule has 1 unspecified atom stereocenters. The maximum atomic E-state index is 11.6. The molecule has 0 aromatic heterocycles. The van der Waals surface area contributed by atoms with Crippen molar-refractivity contribution in [3.05, 3.63) is 0 Å². The molecule has 0 aromatic rings. The minimum absolute atomic E-state index is 0.0155. The average molecular weight is 246 g/mol. The SMILES string of the molecule is CC(CCC(C)(C)O)C(=O)OCC(C)(C)CO. The lowest BCUT2D eigenvalue weighted by Crippen LogP contribution is -2.28. The summed E-state index contributed by atoms with van der Waals surface area (Å²) in [5.41, 5.74) is -1.15. The van der Waals surface area contributed by atoms with Gasteiger partial charge in [0, 0.05) is 5.41 Å². The maximum Gasteiger partial charge on any atom is 0.308 e. The summed E-state index contributed by atoms with van der Waals surface area (Å²) in [5, 5.41) is 18.6. The van der Waals surface area contributed by atoms with E-state index in [1.165, 1.54) is 0 Å². The molecule has 0 bridgehead atoms. The van der Waals surface area contributed by atoms with Gasteiger partial charge in [0.2, 0.25) is 0 Å². The van der Waals surface area contributed by atoms with Crippen LogP contribution in [-0.2, 0) is 9.53 Å². The van der Waals surface area contributed by atoms with Crippen LogP contribution in [0.15, 0.2) is 0 Å². The smallest absolute Gasteiger partial charge is 0.308 e. The van der Waals surface area contributed by atoms with Gasteiger partial charge in [-0.1, -0.05) is 20.8 Å². The molecule has 0 heterocycles. The van der Waals surface area contributed by atoms with Gasteiger partial charge in [-0.3, -0.25) is 4.79 Å². The van der Waals surface area contributed by atoms with E-state index in [0.29, 0.717) is 12.8 Å². The summed E-state index contributed by atoms with van der Waals surface area (Å²) in [6.45, 7) is 9.11. The highest BCUT2D eigenvalue weighted by atomic mass is 16.5. The second kappa shape index (κ2) is 6.36. The highest BCUT2D eigenvalue weighted by Gasteiger charge is 2.23. The van der Waals surface area contributed by atoms with Crippen LogP contribution in [0, 0.1) is 11.3 Å². The molecule has 0 aliphatic rings. The fourth-order valence-electron chi connectivity index (χ4n) is 1.14. The van der Waals surface area contributed by atoms with Crippen LogP contribution in [0.4, 0.5) is 0 Å². The molecular formula is C13H26O4. The van der Waals surface area contributed by atoms with E-state index in [4.69, 9.17) is 9.84 Å². The van der Waals surface area contributed by atoms with Gasteiger partial charge in [-0.2, -0.15) is 0 Å². The molecule has 0 aliphatic heterocycles. The van der Waals surface area contributed by atoms with Gasteiger partial charge in [-0.05, 0) is 26.7 Å². The average Bonchev–Trinajstić information content (AvgIpc) is 2.21. The molecular weight excluding hydrogens is 220 g/mol. The molecule has 0 aromatic carbocycles. The van der Waals surface area contributed by atoms with Gasteiger partial charge in [0.15, 0.2) is 0 Å². The van der Waals surface area contributed by atoms with Crippen molar-refractivity contribution >= 4 is 5.97 Å². The highest BCUT2D eigenvalue weighted by molar-refractivity contribution is 5.71. The van der Waals surface area contributed by atoms with Crippen LogP contribution in [0.25, 0.3) is 0 Å². The number of ether oxygens (including phenoxy) is 1. The second-order valence-corrected chi connectivity index (χ2v) is 6.18. The first-order valence-electron chi connectivity index (χ1n) is 6.07. The van der Waals surface area contributed by atoms with Gasteiger partial charge in [-0.25, -0.2) is 0 Å². The van der Waals surface area contributed by atoms with E-state index < -0.39 is 11.0 Å². The maximum absolute atomic E-state index is 11.6. The number of aliphatic hydroxyl groups excluding tert-OH is 1. The summed E-state index contributed by atoms with van der Waals surface area (Å²) in [5.74, 6) is -0.494. The van der Waals surface area contributed by atoms with E-state index in [1.54, 1.807) is 20.8 Å². The monoisotopic (exact) mass is 246 g/mol. The topological polar surface area (TPSA) is 66.8 Å². The second-order valence-electron chi connectivity index (χ2n) is 6.18. The van der Waals surface area contributed by atoms with E-state index in [2.05, 4.69) is 0 Å². The zero-order valence-electron chi connectivity index (χ0n) is 11.6. The molecule has 0 spiro atoms. The molecule has 17 heavy (non-hydrogen) atoms. The van der Waals surface area contributed by atoms with Crippen molar-refractivity contribution in [3.63, 3.8) is 0 Å². The molecule has 4 heteroatoms. The Balaban J connectivity index is 3.99. The van der Waals surface area contributed by atoms with E-state index in [9.17, 15) is 9.90 Å². The molecule has 4 nitrogen and oxygen atoms in total. The van der Waals surface area contributed by atoms with E-state index >= 15 is 0 Å². The molecule has 0 radical (unpaired) electrons. The molecule has 2 N–H and O–H groups in total. The predicted molar refractivity (Wildman–Crippen MR) is 66.5 cm³/mol. The normalized spacial score (nSPS) is 14.5. The van der Waals surface area contributed by atoms with Crippen LogP contribution < -0.4 is 0 Å². The summed E-state index contributed by atoms with van der Waals surface area (Å²) in [4.78, 5) is 11.6.